The molecule has 3 heteroatoms. The molecule has 21 heavy (non-hydrogen) atoms. The largest absolute Gasteiger partial charge is 0.304 e. The molecule has 1 aromatic carbocycles. The monoisotopic (exact) mass is 302 g/mol. The van der Waals surface area contributed by atoms with Gasteiger partial charge < -0.3 is 5.32 Å². The first-order valence-electron chi connectivity index (χ1n) is 7.67. The third-order valence-corrected chi connectivity index (χ3v) is 4.62. The lowest BCUT2D eigenvalue weighted by atomic mass is 9.86. The van der Waals surface area contributed by atoms with E-state index >= 15 is 0 Å². The molecule has 114 valence electrons. The Balaban J connectivity index is 2.28. The Kier molecular flexibility index (Phi) is 5.17. The van der Waals surface area contributed by atoms with Gasteiger partial charge in [0.1, 0.15) is 5.01 Å². The van der Waals surface area contributed by atoms with Crippen LogP contribution in [0, 0.1) is 6.92 Å². The molecule has 0 bridgehead atoms. The predicted octanol–water partition coefficient (Wildman–Crippen LogP) is 4.84. The van der Waals surface area contributed by atoms with Gasteiger partial charge in [-0.15, -0.1) is 11.3 Å². The van der Waals surface area contributed by atoms with Gasteiger partial charge in [-0.25, -0.2) is 4.98 Å². The van der Waals surface area contributed by atoms with Crippen LogP contribution in [0.3, 0.4) is 0 Å². The maximum absolute atomic E-state index is 4.67. The van der Waals surface area contributed by atoms with Gasteiger partial charge in [0.05, 0.1) is 6.04 Å². The Morgan fingerprint density at radius 1 is 1.19 bits per heavy atom. The molecule has 0 aliphatic carbocycles. The molecule has 0 radical (unpaired) electrons. The molecule has 0 spiro atoms. The zero-order valence-electron chi connectivity index (χ0n) is 13.7. The molecule has 0 aliphatic rings. The summed E-state index contributed by atoms with van der Waals surface area (Å²) in [6, 6.07) is 9.18. The summed E-state index contributed by atoms with van der Waals surface area (Å²) < 4.78 is 0. The average Bonchev–Trinajstić information content (AvgIpc) is 2.85. The van der Waals surface area contributed by atoms with Gasteiger partial charge >= 0.3 is 0 Å². The summed E-state index contributed by atoms with van der Waals surface area (Å²) in [6.45, 7) is 12.0. The molecule has 0 saturated heterocycles. The minimum Gasteiger partial charge on any atom is -0.304 e. The van der Waals surface area contributed by atoms with E-state index in [9.17, 15) is 0 Å². The molecule has 0 saturated carbocycles. The van der Waals surface area contributed by atoms with Crippen LogP contribution in [0.2, 0.25) is 0 Å². The van der Waals surface area contributed by atoms with Gasteiger partial charge in [0.2, 0.25) is 0 Å². The Morgan fingerprint density at radius 3 is 2.33 bits per heavy atom. The first kappa shape index (κ1) is 16.2. The topological polar surface area (TPSA) is 24.9 Å². The van der Waals surface area contributed by atoms with Crippen molar-refractivity contribution in [2.45, 2.75) is 52.5 Å². The van der Waals surface area contributed by atoms with Crippen molar-refractivity contribution in [3.8, 4) is 0 Å². The summed E-state index contributed by atoms with van der Waals surface area (Å²) in [6.07, 6.45) is 1.13. The molecule has 1 heterocycles. The second kappa shape index (κ2) is 6.71. The van der Waals surface area contributed by atoms with E-state index in [2.05, 4.69) is 74.6 Å². The fourth-order valence-corrected chi connectivity index (χ4v) is 3.21. The lowest BCUT2D eigenvalue weighted by molar-refractivity contribution is 0.582. The zero-order chi connectivity index (χ0) is 15.5. The van der Waals surface area contributed by atoms with Crippen LogP contribution in [0.15, 0.2) is 29.6 Å². The van der Waals surface area contributed by atoms with Crippen molar-refractivity contribution in [1.82, 2.24) is 10.3 Å². The third-order valence-electron chi connectivity index (χ3n) is 3.59. The number of aromatic nitrogens is 1. The summed E-state index contributed by atoms with van der Waals surface area (Å²) in [7, 11) is 0. The second-order valence-corrected chi connectivity index (χ2v) is 7.48. The smallest absolute Gasteiger partial charge is 0.114 e. The molecule has 2 rings (SSSR count). The van der Waals surface area contributed by atoms with Gasteiger partial charge in [0.25, 0.3) is 0 Å². The van der Waals surface area contributed by atoms with Crippen molar-refractivity contribution < 1.29 is 0 Å². The zero-order valence-corrected chi connectivity index (χ0v) is 14.6. The SMILES string of the molecule is CCCNC(c1ccc(C(C)(C)C)cc1)c1nc(C)cs1. The van der Waals surface area contributed by atoms with Gasteiger partial charge in [0, 0.05) is 11.1 Å². The number of rotatable bonds is 5. The quantitative estimate of drug-likeness (QED) is 0.855. The molecule has 1 unspecified atom stereocenters. The van der Waals surface area contributed by atoms with Gasteiger partial charge in [-0.3, -0.25) is 0 Å². The fraction of sp³-hybridized carbons (Fsp3) is 0.500. The fourth-order valence-electron chi connectivity index (χ4n) is 2.32. The highest BCUT2D eigenvalue weighted by Crippen LogP contribution is 2.28. The first-order valence-corrected chi connectivity index (χ1v) is 8.55. The summed E-state index contributed by atoms with van der Waals surface area (Å²) in [5.74, 6) is 0. The summed E-state index contributed by atoms with van der Waals surface area (Å²) in [5, 5.41) is 6.90. The highest BCUT2D eigenvalue weighted by Gasteiger charge is 2.18. The number of benzene rings is 1. The van der Waals surface area contributed by atoms with Crippen LogP contribution in [-0.2, 0) is 5.41 Å². The maximum atomic E-state index is 4.67. The van der Waals surface area contributed by atoms with Crippen molar-refractivity contribution in [3.63, 3.8) is 0 Å². The molecule has 0 aliphatic heterocycles. The highest BCUT2D eigenvalue weighted by atomic mass is 32.1. The minimum atomic E-state index is 0.197. The average molecular weight is 302 g/mol. The number of nitrogens with one attached hydrogen (secondary N) is 1. The summed E-state index contributed by atoms with van der Waals surface area (Å²) in [5.41, 5.74) is 3.97. The number of nitrogens with zero attached hydrogens (tertiary/aromatic N) is 1. The molecule has 1 N–H and O–H groups in total. The Bertz CT molecular complexity index is 564. The van der Waals surface area contributed by atoms with E-state index in [1.54, 1.807) is 11.3 Å². The summed E-state index contributed by atoms with van der Waals surface area (Å²) >= 11 is 1.74. The van der Waals surface area contributed by atoms with Crippen molar-refractivity contribution >= 4 is 11.3 Å². The molecule has 0 amide bonds. The molecule has 0 fully saturated rings. The number of hydrogen-bond donors (Lipinski definition) is 1. The van der Waals surface area contributed by atoms with E-state index in [0.29, 0.717) is 0 Å². The van der Waals surface area contributed by atoms with Crippen molar-refractivity contribution in [2.75, 3.05) is 6.54 Å². The van der Waals surface area contributed by atoms with Crippen LogP contribution in [0.1, 0.15) is 62.0 Å². The predicted molar refractivity (Wildman–Crippen MR) is 92.1 cm³/mol. The van der Waals surface area contributed by atoms with Crippen LogP contribution < -0.4 is 5.32 Å². The Hall–Kier alpha value is -1.19. The van der Waals surface area contributed by atoms with E-state index in [0.717, 1.165) is 23.7 Å². The number of aryl methyl sites for hydroxylation is 1. The minimum absolute atomic E-state index is 0.197. The highest BCUT2D eigenvalue weighted by molar-refractivity contribution is 7.09. The van der Waals surface area contributed by atoms with E-state index < -0.39 is 0 Å². The van der Waals surface area contributed by atoms with Gasteiger partial charge in [-0.05, 0) is 36.4 Å². The molecule has 2 aromatic rings. The second-order valence-electron chi connectivity index (χ2n) is 6.59. The number of hydrogen-bond acceptors (Lipinski definition) is 3. The van der Waals surface area contributed by atoms with E-state index in [4.69, 9.17) is 0 Å². The standard InChI is InChI=1S/C18H26N2S/c1-6-11-19-16(17-20-13(2)12-21-17)14-7-9-15(10-8-14)18(3,4)5/h7-10,12,16,19H,6,11H2,1-5H3. The van der Waals surface area contributed by atoms with E-state index in [-0.39, 0.29) is 11.5 Å². The lowest BCUT2D eigenvalue weighted by Gasteiger charge is -2.21. The molecule has 2 nitrogen and oxygen atoms in total. The Morgan fingerprint density at radius 2 is 1.86 bits per heavy atom. The lowest BCUT2D eigenvalue weighted by Crippen LogP contribution is -2.23. The molecular weight excluding hydrogens is 276 g/mol. The van der Waals surface area contributed by atoms with E-state index in [1.165, 1.54) is 11.1 Å². The Labute approximate surface area is 132 Å². The maximum Gasteiger partial charge on any atom is 0.114 e. The van der Waals surface area contributed by atoms with E-state index in [1.807, 2.05) is 0 Å². The van der Waals surface area contributed by atoms with Crippen molar-refractivity contribution in [2.24, 2.45) is 0 Å². The van der Waals surface area contributed by atoms with Crippen LogP contribution in [-0.4, -0.2) is 11.5 Å². The van der Waals surface area contributed by atoms with Gasteiger partial charge in [0.15, 0.2) is 0 Å². The van der Waals surface area contributed by atoms with Gasteiger partial charge in [-0.2, -0.15) is 0 Å². The third kappa shape index (κ3) is 4.14. The molecule has 1 atom stereocenters. The van der Waals surface area contributed by atoms with Crippen LogP contribution in [0.4, 0.5) is 0 Å². The molecule has 1 aromatic heterocycles. The number of thiazole rings is 1. The van der Waals surface area contributed by atoms with Crippen LogP contribution in [0.25, 0.3) is 0 Å². The van der Waals surface area contributed by atoms with Crippen molar-refractivity contribution in [1.29, 1.82) is 0 Å². The van der Waals surface area contributed by atoms with Gasteiger partial charge in [-0.1, -0.05) is 52.0 Å². The first-order chi connectivity index (χ1) is 9.91. The van der Waals surface area contributed by atoms with Crippen molar-refractivity contribution in [3.05, 3.63) is 51.5 Å². The normalized spacial score (nSPS) is 13.4. The summed E-state index contributed by atoms with van der Waals surface area (Å²) in [4.78, 5) is 4.67. The molecular formula is C18H26N2S. The van der Waals surface area contributed by atoms with Crippen LogP contribution >= 0.6 is 11.3 Å². The van der Waals surface area contributed by atoms with Crippen LogP contribution in [0.5, 0.6) is 0 Å².